The van der Waals surface area contributed by atoms with Gasteiger partial charge >= 0.3 is 5.69 Å². The SMILES string of the molecule is CCc1ccc(Oc2ccc(C(=N)N)nc2)c([N+](=O)[O-])c1. The molecular weight excluding hydrogens is 272 g/mol. The Bertz CT molecular complexity index is 683. The third-order valence-corrected chi connectivity index (χ3v) is 2.87. The number of aromatic nitrogens is 1. The van der Waals surface area contributed by atoms with Gasteiger partial charge in [0.25, 0.3) is 0 Å². The molecule has 1 aromatic heterocycles. The van der Waals surface area contributed by atoms with Gasteiger partial charge in [-0.1, -0.05) is 13.0 Å². The molecule has 0 amide bonds. The molecule has 0 atom stereocenters. The van der Waals surface area contributed by atoms with Gasteiger partial charge < -0.3 is 10.5 Å². The lowest BCUT2D eigenvalue weighted by Gasteiger charge is -2.07. The summed E-state index contributed by atoms with van der Waals surface area (Å²) in [7, 11) is 0. The fourth-order valence-corrected chi connectivity index (χ4v) is 1.74. The molecule has 108 valence electrons. The maximum absolute atomic E-state index is 11.1. The highest BCUT2D eigenvalue weighted by atomic mass is 16.6. The van der Waals surface area contributed by atoms with Crippen LogP contribution in [0.15, 0.2) is 36.5 Å². The third kappa shape index (κ3) is 3.33. The fraction of sp³-hybridized carbons (Fsp3) is 0.143. The van der Waals surface area contributed by atoms with E-state index in [0.29, 0.717) is 17.9 Å². The first-order valence-corrected chi connectivity index (χ1v) is 6.27. The number of nitrogens with one attached hydrogen (secondary N) is 1. The minimum Gasteiger partial charge on any atom is -0.449 e. The van der Waals surface area contributed by atoms with Gasteiger partial charge in [-0.3, -0.25) is 15.5 Å². The summed E-state index contributed by atoms with van der Waals surface area (Å²) in [6, 6.07) is 7.91. The van der Waals surface area contributed by atoms with Crippen LogP contribution in [0.2, 0.25) is 0 Å². The lowest BCUT2D eigenvalue weighted by Crippen LogP contribution is -2.12. The van der Waals surface area contributed by atoms with Crippen molar-refractivity contribution in [3.8, 4) is 11.5 Å². The second-order valence-electron chi connectivity index (χ2n) is 4.31. The Morgan fingerprint density at radius 1 is 1.43 bits per heavy atom. The first-order chi connectivity index (χ1) is 10.0. The van der Waals surface area contributed by atoms with Crippen LogP contribution in [0, 0.1) is 15.5 Å². The number of rotatable bonds is 5. The molecule has 2 aromatic rings. The molecule has 0 fully saturated rings. The van der Waals surface area contributed by atoms with Gasteiger partial charge in [-0.25, -0.2) is 4.98 Å². The summed E-state index contributed by atoms with van der Waals surface area (Å²) in [6.45, 7) is 1.92. The molecule has 0 saturated carbocycles. The molecule has 0 radical (unpaired) electrons. The van der Waals surface area contributed by atoms with Crippen LogP contribution in [0.25, 0.3) is 0 Å². The van der Waals surface area contributed by atoms with Gasteiger partial charge in [0.15, 0.2) is 0 Å². The Morgan fingerprint density at radius 3 is 2.71 bits per heavy atom. The van der Waals surface area contributed by atoms with E-state index in [1.807, 2.05) is 6.92 Å². The van der Waals surface area contributed by atoms with E-state index in [2.05, 4.69) is 4.98 Å². The van der Waals surface area contributed by atoms with E-state index in [-0.39, 0.29) is 17.3 Å². The quantitative estimate of drug-likeness (QED) is 0.379. The lowest BCUT2D eigenvalue weighted by molar-refractivity contribution is -0.385. The molecule has 1 heterocycles. The average Bonchev–Trinajstić information content (AvgIpc) is 2.48. The van der Waals surface area contributed by atoms with Crippen molar-refractivity contribution in [3.63, 3.8) is 0 Å². The molecule has 7 heteroatoms. The maximum Gasteiger partial charge on any atom is 0.311 e. The highest BCUT2D eigenvalue weighted by molar-refractivity contribution is 5.92. The summed E-state index contributed by atoms with van der Waals surface area (Å²) in [5.74, 6) is 0.335. The van der Waals surface area contributed by atoms with Crippen molar-refractivity contribution < 1.29 is 9.66 Å². The number of pyridine rings is 1. The lowest BCUT2D eigenvalue weighted by atomic mass is 10.1. The maximum atomic E-state index is 11.1. The number of nitrogens with zero attached hydrogens (tertiary/aromatic N) is 2. The largest absolute Gasteiger partial charge is 0.449 e. The van der Waals surface area contributed by atoms with Crippen molar-refractivity contribution in [1.82, 2.24) is 4.98 Å². The average molecular weight is 286 g/mol. The summed E-state index contributed by atoms with van der Waals surface area (Å²) in [5.41, 5.74) is 6.39. The van der Waals surface area contributed by atoms with E-state index < -0.39 is 4.92 Å². The molecule has 0 saturated heterocycles. The zero-order valence-electron chi connectivity index (χ0n) is 11.4. The van der Waals surface area contributed by atoms with Crippen LogP contribution in [0.1, 0.15) is 18.2 Å². The number of aryl methyl sites for hydroxylation is 1. The van der Waals surface area contributed by atoms with Crippen molar-refractivity contribution in [2.24, 2.45) is 5.73 Å². The molecule has 0 spiro atoms. The third-order valence-electron chi connectivity index (χ3n) is 2.87. The van der Waals surface area contributed by atoms with Gasteiger partial charge in [0, 0.05) is 6.07 Å². The Balaban J connectivity index is 2.30. The van der Waals surface area contributed by atoms with Crippen molar-refractivity contribution in [3.05, 3.63) is 57.9 Å². The smallest absolute Gasteiger partial charge is 0.311 e. The van der Waals surface area contributed by atoms with E-state index in [4.69, 9.17) is 15.9 Å². The summed E-state index contributed by atoms with van der Waals surface area (Å²) in [4.78, 5) is 14.5. The van der Waals surface area contributed by atoms with E-state index in [9.17, 15) is 10.1 Å². The second kappa shape index (κ2) is 6.00. The summed E-state index contributed by atoms with van der Waals surface area (Å²) >= 11 is 0. The van der Waals surface area contributed by atoms with Crippen LogP contribution in [0.3, 0.4) is 0 Å². The molecule has 0 aliphatic heterocycles. The normalized spacial score (nSPS) is 10.1. The molecule has 0 aliphatic carbocycles. The Kier molecular flexibility index (Phi) is 4.13. The van der Waals surface area contributed by atoms with Crippen LogP contribution >= 0.6 is 0 Å². The number of benzene rings is 1. The monoisotopic (exact) mass is 286 g/mol. The van der Waals surface area contributed by atoms with Gasteiger partial charge in [-0.05, 0) is 30.2 Å². The fourth-order valence-electron chi connectivity index (χ4n) is 1.74. The number of hydrogen-bond acceptors (Lipinski definition) is 5. The van der Waals surface area contributed by atoms with Crippen LogP contribution in [0.5, 0.6) is 11.5 Å². The number of ether oxygens (including phenoxy) is 1. The topological polar surface area (TPSA) is 115 Å². The number of nitro groups is 1. The zero-order valence-corrected chi connectivity index (χ0v) is 11.4. The van der Waals surface area contributed by atoms with Gasteiger partial charge in [0.2, 0.25) is 5.75 Å². The van der Waals surface area contributed by atoms with Crippen molar-refractivity contribution >= 4 is 11.5 Å². The van der Waals surface area contributed by atoms with Crippen LogP contribution in [-0.4, -0.2) is 15.7 Å². The summed E-state index contributed by atoms with van der Waals surface area (Å²) < 4.78 is 5.49. The van der Waals surface area contributed by atoms with Crippen LogP contribution in [0.4, 0.5) is 5.69 Å². The standard InChI is InChI=1S/C14H14N4O3/c1-2-9-3-6-13(12(7-9)18(19)20)21-10-4-5-11(14(15)16)17-8-10/h3-8H,2H2,1H3,(H3,15,16). The van der Waals surface area contributed by atoms with E-state index in [1.165, 1.54) is 18.3 Å². The Hall–Kier alpha value is -2.96. The highest BCUT2D eigenvalue weighted by Crippen LogP contribution is 2.32. The van der Waals surface area contributed by atoms with Crippen LogP contribution in [-0.2, 0) is 6.42 Å². The number of nitrogen functional groups attached to an aromatic ring is 1. The van der Waals surface area contributed by atoms with E-state index in [1.54, 1.807) is 18.2 Å². The summed E-state index contributed by atoms with van der Waals surface area (Å²) in [6.07, 6.45) is 2.07. The molecule has 21 heavy (non-hydrogen) atoms. The molecule has 1 aromatic carbocycles. The first-order valence-electron chi connectivity index (χ1n) is 6.27. The molecular formula is C14H14N4O3. The number of hydrogen-bond donors (Lipinski definition) is 2. The van der Waals surface area contributed by atoms with Crippen molar-refractivity contribution in [1.29, 1.82) is 5.41 Å². The van der Waals surface area contributed by atoms with Crippen molar-refractivity contribution in [2.45, 2.75) is 13.3 Å². The predicted molar refractivity (Wildman–Crippen MR) is 77.8 cm³/mol. The molecule has 7 nitrogen and oxygen atoms in total. The first kappa shape index (κ1) is 14.4. The van der Waals surface area contributed by atoms with E-state index in [0.717, 1.165) is 5.56 Å². The van der Waals surface area contributed by atoms with Gasteiger partial charge in [-0.15, -0.1) is 0 Å². The van der Waals surface area contributed by atoms with Gasteiger partial charge in [0.05, 0.1) is 11.1 Å². The molecule has 0 aliphatic rings. The van der Waals surface area contributed by atoms with Gasteiger partial charge in [-0.2, -0.15) is 0 Å². The summed E-state index contributed by atoms with van der Waals surface area (Å²) in [5, 5.41) is 18.3. The van der Waals surface area contributed by atoms with Gasteiger partial charge in [0.1, 0.15) is 17.3 Å². The Labute approximate surface area is 121 Å². The van der Waals surface area contributed by atoms with E-state index >= 15 is 0 Å². The van der Waals surface area contributed by atoms with Crippen molar-refractivity contribution in [2.75, 3.05) is 0 Å². The minimum absolute atomic E-state index is 0.0926. The van der Waals surface area contributed by atoms with Crippen LogP contribution < -0.4 is 10.5 Å². The predicted octanol–water partition coefficient (Wildman–Crippen LogP) is 2.63. The second-order valence-corrected chi connectivity index (χ2v) is 4.31. The number of nitro benzene ring substituents is 1. The molecule has 3 N–H and O–H groups in total. The zero-order chi connectivity index (χ0) is 15.4. The minimum atomic E-state index is -0.480. The number of amidine groups is 1. The molecule has 2 rings (SSSR count). The molecule has 0 unspecified atom stereocenters. The Morgan fingerprint density at radius 2 is 2.19 bits per heavy atom. The molecule has 0 bridgehead atoms. The highest BCUT2D eigenvalue weighted by Gasteiger charge is 2.16. The number of nitrogens with two attached hydrogens (primary N) is 1.